The summed E-state index contributed by atoms with van der Waals surface area (Å²) in [4.78, 5) is 24.9. The van der Waals surface area contributed by atoms with E-state index in [2.05, 4.69) is 14.8 Å². The Morgan fingerprint density at radius 1 is 1.39 bits per heavy atom. The highest BCUT2D eigenvalue weighted by atomic mass is 32.1. The maximum atomic E-state index is 12.9. The molecule has 1 unspecified atom stereocenters. The van der Waals surface area contributed by atoms with Crippen LogP contribution in [-0.4, -0.2) is 31.7 Å². The van der Waals surface area contributed by atoms with Gasteiger partial charge in [0, 0.05) is 30.5 Å². The summed E-state index contributed by atoms with van der Waals surface area (Å²) in [6, 6.07) is 3.70. The second-order valence-electron chi connectivity index (χ2n) is 5.87. The first-order valence-electron chi connectivity index (χ1n) is 7.89. The SMILES string of the molecule is Cc1nc(C2CCCCN2C(=O)c2cccnc2)c2sccn12. The molecule has 3 aromatic heterocycles. The Labute approximate surface area is 138 Å². The molecule has 5 nitrogen and oxygen atoms in total. The van der Waals surface area contributed by atoms with Gasteiger partial charge in [-0.3, -0.25) is 14.2 Å². The Kier molecular flexibility index (Phi) is 3.61. The maximum Gasteiger partial charge on any atom is 0.255 e. The van der Waals surface area contributed by atoms with Crippen LogP contribution in [0.5, 0.6) is 0 Å². The van der Waals surface area contributed by atoms with E-state index in [1.165, 1.54) is 0 Å². The topological polar surface area (TPSA) is 50.5 Å². The third-order valence-electron chi connectivity index (χ3n) is 4.45. The summed E-state index contributed by atoms with van der Waals surface area (Å²) >= 11 is 1.69. The fourth-order valence-electron chi connectivity index (χ4n) is 3.33. The fourth-order valence-corrected chi connectivity index (χ4v) is 4.25. The molecule has 1 atom stereocenters. The largest absolute Gasteiger partial charge is 0.330 e. The number of imidazole rings is 1. The lowest BCUT2D eigenvalue weighted by Gasteiger charge is -2.34. The van der Waals surface area contributed by atoms with E-state index in [9.17, 15) is 4.79 Å². The highest BCUT2D eigenvalue weighted by Gasteiger charge is 2.32. The van der Waals surface area contributed by atoms with Crippen LogP contribution >= 0.6 is 11.3 Å². The number of aromatic nitrogens is 3. The molecule has 0 N–H and O–H groups in total. The zero-order valence-corrected chi connectivity index (χ0v) is 13.8. The monoisotopic (exact) mass is 326 g/mol. The molecule has 4 heterocycles. The van der Waals surface area contributed by atoms with E-state index >= 15 is 0 Å². The molecule has 1 aliphatic rings. The number of rotatable bonds is 2. The molecule has 0 aromatic carbocycles. The van der Waals surface area contributed by atoms with Crippen LogP contribution in [0.15, 0.2) is 36.1 Å². The average molecular weight is 326 g/mol. The lowest BCUT2D eigenvalue weighted by Crippen LogP contribution is -2.38. The predicted molar refractivity (Wildman–Crippen MR) is 89.7 cm³/mol. The number of aryl methyl sites for hydroxylation is 1. The Balaban J connectivity index is 1.73. The minimum Gasteiger partial charge on any atom is -0.330 e. The molecule has 1 aliphatic heterocycles. The van der Waals surface area contributed by atoms with Gasteiger partial charge in [0.05, 0.1) is 17.3 Å². The number of hydrogen-bond donors (Lipinski definition) is 0. The predicted octanol–water partition coefficient (Wildman–Crippen LogP) is 3.47. The van der Waals surface area contributed by atoms with E-state index in [4.69, 9.17) is 4.98 Å². The third-order valence-corrected chi connectivity index (χ3v) is 5.33. The summed E-state index contributed by atoms with van der Waals surface area (Å²) in [5, 5.41) is 2.07. The van der Waals surface area contributed by atoms with Crippen molar-refractivity contribution in [2.24, 2.45) is 0 Å². The van der Waals surface area contributed by atoms with Gasteiger partial charge < -0.3 is 4.90 Å². The van der Waals surface area contributed by atoms with E-state index in [1.54, 1.807) is 23.7 Å². The lowest BCUT2D eigenvalue weighted by atomic mass is 9.99. The van der Waals surface area contributed by atoms with E-state index in [-0.39, 0.29) is 11.9 Å². The molecule has 0 aliphatic carbocycles. The summed E-state index contributed by atoms with van der Waals surface area (Å²) in [6.45, 7) is 2.79. The van der Waals surface area contributed by atoms with Gasteiger partial charge in [-0.2, -0.15) is 0 Å². The summed E-state index contributed by atoms with van der Waals surface area (Å²) in [7, 11) is 0. The number of thiazole rings is 1. The van der Waals surface area contributed by atoms with Gasteiger partial charge in [0.15, 0.2) is 0 Å². The van der Waals surface area contributed by atoms with Crippen LogP contribution in [0.4, 0.5) is 0 Å². The fraction of sp³-hybridized carbons (Fsp3) is 0.353. The average Bonchev–Trinajstić information content (AvgIpc) is 3.19. The zero-order chi connectivity index (χ0) is 15.8. The van der Waals surface area contributed by atoms with Gasteiger partial charge >= 0.3 is 0 Å². The molecule has 23 heavy (non-hydrogen) atoms. The summed E-state index contributed by atoms with van der Waals surface area (Å²) in [5.74, 6) is 1.04. The van der Waals surface area contributed by atoms with Crippen LogP contribution in [0.1, 0.15) is 47.2 Å². The molecule has 6 heteroatoms. The second-order valence-corrected chi connectivity index (χ2v) is 6.77. The molecule has 0 saturated carbocycles. The summed E-state index contributed by atoms with van der Waals surface area (Å²) in [5.41, 5.74) is 1.69. The van der Waals surface area contributed by atoms with E-state index < -0.39 is 0 Å². The minimum atomic E-state index is 0.0539. The van der Waals surface area contributed by atoms with E-state index in [1.807, 2.05) is 30.2 Å². The van der Waals surface area contributed by atoms with Gasteiger partial charge in [0.2, 0.25) is 0 Å². The Hall–Kier alpha value is -2.21. The van der Waals surface area contributed by atoms with Gasteiger partial charge in [-0.15, -0.1) is 11.3 Å². The van der Waals surface area contributed by atoms with Crippen LogP contribution < -0.4 is 0 Å². The maximum absolute atomic E-state index is 12.9. The van der Waals surface area contributed by atoms with Crippen LogP contribution in [0, 0.1) is 6.92 Å². The number of carbonyl (C=O) groups is 1. The van der Waals surface area contributed by atoms with Crippen molar-refractivity contribution >= 4 is 22.1 Å². The molecule has 0 radical (unpaired) electrons. The van der Waals surface area contributed by atoms with Gasteiger partial charge in [0.25, 0.3) is 5.91 Å². The number of carbonyl (C=O) groups excluding carboxylic acids is 1. The summed E-state index contributed by atoms with van der Waals surface area (Å²) in [6.07, 6.45) is 8.53. The number of likely N-dealkylation sites (tertiary alicyclic amines) is 1. The molecule has 1 amide bonds. The molecular weight excluding hydrogens is 308 g/mol. The summed E-state index contributed by atoms with van der Waals surface area (Å²) < 4.78 is 2.11. The first kappa shape index (κ1) is 14.4. The third kappa shape index (κ3) is 2.43. The highest BCUT2D eigenvalue weighted by molar-refractivity contribution is 7.15. The van der Waals surface area contributed by atoms with Crippen LogP contribution in [0.3, 0.4) is 0 Å². The molecule has 1 saturated heterocycles. The van der Waals surface area contributed by atoms with Crippen LogP contribution in [-0.2, 0) is 0 Å². The second kappa shape index (κ2) is 5.77. The Bertz CT molecular complexity index is 839. The van der Waals surface area contributed by atoms with Crippen molar-refractivity contribution in [2.75, 3.05) is 6.54 Å². The van der Waals surface area contributed by atoms with Crippen LogP contribution in [0.25, 0.3) is 4.83 Å². The van der Waals surface area contributed by atoms with Crippen molar-refractivity contribution in [3.05, 3.63) is 53.2 Å². The zero-order valence-electron chi connectivity index (χ0n) is 13.0. The van der Waals surface area contributed by atoms with Crippen LogP contribution in [0.2, 0.25) is 0 Å². The smallest absolute Gasteiger partial charge is 0.255 e. The van der Waals surface area contributed by atoms with Crippen molar-refractivity contribution in [3.8, 4) is 0 Å². The first-order valence-corrected chi connectivity index (χ1v) is 8.76. The van der Waals surface area contributed by atoms with Gasteiger partial charge in [-0.05, 0) is 38.3 Å². The number of pyridine rings is 1. The molecule has 1 fully saturated rings. The number of fused-ring (bicyclic) bond motifs is 1. The molecular formula is C17H18N4OS. The quantitative estimate of drug-likeness (QED) is 0.724. The van der Waals surface area contributed by atoms with Crippen molar-refractivity contribution in [1.29, 1.82) is 0 Å². The lowest BCUT2D eigenvalue weighted by molar-refractivity contribution is 0.0608. The highest BCUT2D eigenvalue weighted by Crippen LogP contribution is 2.35. The van der Waals surface area contributed by atoms with Gasteiger partial charge in [-0.1, -0.05) is 0 Å². The number of nitrogens with zero attached hydrogens (tertiary/aromatic N) is 4. The standard InChI is InChI=1S/C17H18N4OS/c1-12-19-15(17-20(12)9-10-23-17)14-6-2-3-8-21(14)16(22)13-5-4-7-18-11-13/h4-5,7,9-11,14H,2-3,6,8H2,1H3. The molecule has 3 aromatic rings. The minimum absolute atomic E-state index is 0.0539. The molecule has 4 rings (SSSR count). The molecule has 118 valence electrons. The van der Waals surface area contributed by atoms with E-state index in [0.29, 0.717) is 5.56 Å². The molecule has 0 bridgehead atoms. The van der Waals surface area contributed by atoms with Crippen molar-refractivity contribution in [2.45, 2.75) is 32.2 Å². The van der Waals surface area contributed by atoms with Gasteiger partial charge in [-0.25, -0.2) is 4.98 Å². The Morgan fingerprint density at radius 2 is 2.30 bits per heavy atom. The number of hydrogen-bond acceptors (Lipinski definition) is 4. The van der Waals surface area contributed by atoms with Crippen molar-refractivity contribution < 1.29 is 4.79 Å². The molecule has 0 spiro atoms. The van der Waals surface area contributed by atoms with Crippen molar-refractivity contribution in [3.63, 3.8) is 0 Å². The van der Waals surface area contributed by atoms with Crippen molar-refractivity contribution in [1.82, 2.24) is 19.3 Å². The first-order chi connectivity index (χ1) is 11.3. The number of amides is 1. The normalized spacial score (nSPS) is 18.5. The van der Waals surface area contributed by atoms with Gasteiger partial charge in [0.1, 0.15) is 10.7 Å². The van der Waals surface area contributed by atoms with E-state index in [0.717, 1.165) is 42.2 Å². The number of piperidine rings is 1. The Morgan fingerprint density at radius 3 is 3.13 bits per heavy atom.